The van der Waals surface area contributed by atoms with E-state index in [1.165, 1.54) is 17.8 Å². The second-order valence-corrected chi connectivity index (χ2v) is 7.93. The van der Waals surface area contributed by atoms with E-state index in [4.69, 9.17) is 9.47 Å². The van der Waals surface area contributed by atoms with Gasteiger partial charge in [0.05, 0.1) is 12.3 Å². The number of thiazole rings is 1. The van der Waals surface area contributed by atoms with Crippen LogP contribution in [-0.2, 0) is 0 Å². The van der Waals surface area contributed by atoms with Crippen molar-refractivity contribution in [2.45, 2.75) is 26.2 Å². The zero-order chi connectivity index (χ0) is 20.8. The SMILES string of the molecule is CCCCCOc1ccc(C(=O)Nc2nc(C3=Cc4ccccc4OC3)cs2)cc1. The molecule has 2 heterocycles. The molecule has 1 aliphatic rings. The van der Waals surface area contributed by atoms with Gasteiger partial charge in [-0.25, -0.2) is 4.98 Å². The Morgan fingerprint density at radius 2 is 2.00 bits per heavy atom. The van der Waals surface area contributed by atoms with Crippen molar-refractivity contribution in [3.8, 4) is 11.5 Å². The van der Waals surface area contributed by atoms with E-state index in [2.05, 4.69) is 23.3 Å². The predicted molar refractivity (Wildman–Crippen MR) is 121 cm³/mol. The van der Waals surface area contributed by atoms with E-state index < -0.39 is 0 Å². The summed E-state index contributed by atoms with van der Waals surface area (Å²) < 4.78 is 11.5. The van der Waals surface area contributed by atoms with Gasteiger partial charge in [0.15, 0.2) is 5.13 Å². The van der Waals surface area contributed by atoms with Crippen molar-refractivity contribution in [1.82, 2.24) is 4.98 Å². The van der Waals surface area contributed by atoms with E-state index in [9.17, 15) is 4.79 Å². The number of nitrogens with zero attached hydrogens (tertiary/aromatic N) is 1. The minimum absolute atomic E-state index is 0.187. The molecule has 154 valence electrons. The normalized spacial score (nSPS) is 12.5. The number of fused-ring (bicyclic) bond motifs is 1. The van der Waals surface area contributed by atoms with Crippen LogP contribution in [-0.4, -0.2) is 24.1 Å². The average Bonchev–Trinajstić information content (AvgIpc) is 3.25. The van der Waals surface area contributed by atoms with Crippen molar-refractivity contribution in [2.24, 2.45) is 0 Å². The molecule has 0 atom stereocenters. The molecule has 1 aliphatic heterocycles. The number of anilines is 1. The third-order valence-corrected chi connectivity index (χ3v) is 5.58. The Bertz CT molecular complexity index is 1040. The molecule has 0 spiro atoms. The van der Waals surface area contributed by atoms with Gasteiger partial charge in [-0.1, -0.05) is 38.0 Å². The molecule has 4 rings (SSSR count). The van der Waals surface area contributed by atoms with Gasteiger partial charge in [-0.2, -0.15) is 0 Å². The van der Waals surface area contributed by atoms with Crippen LogP contribution in [0.15, 0.2) is 53.9 Å². The van der Waals surface area contributed by atoms with Crippen LogP contribution in [0.25, 0.3) is 11.6 Å². The number of hydrogen-bond acceptors (Lipinski definition) is 5. The number of aromatic nitrogens is 1. The van der Waals surface area contributed by atoms with Crippen LogP contribution in [0.5, 0.6) is 11.5 Å². The smallest absolute Gasteiger partial charge is 0.257 e. The van der Waals surface area contributed by atoms with Crippen LogP contribution < -0.4 is 14.8 Å². The number of carbonyl (C=O) groups excluding carboxylic acids is 1. The first-order valence-electron chi connectivity index (χ1n) is 10.2. The van der Waals surface area contributed by atoms with Crippen LogP contribution in [0.2, 0.25) is 0 Å². The fourth-order valence-corrected chi connectivity index (χ4v) is 3.89. The van der Waals surface area contributed by atoms with Gasteiger partial charge in [-0.05, 0) is 42.8 Å². The van der Waals surface area contributed by atoms with Crippen molar-refractivity contribution in [1.29, 1.82) is 0 Å². The predicted octanol–water partition coefficient (Wildman–Crippen LogP) is 5.90. The molecule has 1 aromatic heterocycles. The molecule has 0 fully saturated rings. The highest BCUT2D eigenvalue weighted by molar-refractivity contribution is 7.14. The van der Waals surface area contributed by atoms with E-state index in [-0.39, 0.29) is 5.91 Å². The quantitative estimate of drug-likeness (QED) is 0.461. The zero-order valence-corrected chi connectivity index (χ0v) is 17.7. The molecule has 6 heteroatoms. The number of nitrogens with one attached hydrogen (secondary N) is 1. The Balaban J connectivity index is 1.37. The number of ether oxygens (including phenoxy) is 2. The summed E-state index contributed by atoms with van der Waals surface area (Å²) in [5.41, 5.74) is 3.42. The van der Waals surface area contributed by atoms with Gasteiger partial charge in [0.2, 0.25) is 0 Å². The molecule has 1 amide bonds. The lowest BCUT2D eigenvalue weighted by atomic mass is 10.1. The maximum atomic E-state index is 12.5. The van der Waals surface area contributed by atoms with Gasteiger partial charge in [0.1, 0.15) is 18.1 Å². The van der Waals surface area contributed by atoms with E-state index in [0.717, 1.165) is 41.2 Å². The van der Waals surface area contributed by atoms with Crippen LogP contribution >= 0.6 is 11.3 Å². The molecule has 1 N–H and O–H groups in total. The molecule has 0 aliphatic carbocycles. The summed E-state index contributed by atoms with van der Waals surface area (Å²) in [6.45, 7) is 3.33. The van der Waals surface area contributed by atoms with E-state index in [1.807, 2.05) is 41.8 Å². The van der Waals surface area contributed by atoms with Crippen molar-refractivity contribution in [3.63, 3.8) is 0 Å². The minimum Gasteiger partial charge on any atom is -0.494 e. The lowest BCUT2D eigenvalue weighted by Crippen LogP contribution is -2.12. The third kappa shape index (κ3) is 4.89. The van der Waals surface area contributed by atoms with Gasteiger partial charge < -0.3 is 9.47 Å². The Morgan fingerprint density at radius 1 is 1.17 bits per heavy atom. The highest BCUT2D eigenvalue weighted by Crippen LogP contribution is 2.31. The van der Waals surface area contributed by atoms with Crippen molar-refractivity contribution in [3.05, 3.63) is 70.7 Å². The molecular weight excluding hydrogens is 396 g/mol. The summed E-state index contributed by atoms with van der Waals surface area (Å²) in [7, 11) is 0. The lowest BCUT2D eigenvalue weighted by molar-refractivity contribution is 0.102. The molecule has 3 aromatic rings. The van der Waals surface area contributed by atoms with Crippen molar-refractivity contribution in [2.75, 3.05) is 18.5 Å². The largest absolute Gasteiger partial charge is 0.494 e. The highest BCUT2D eigenvalue weighted by Gasteiger charge is 2.16. The number of benzene rings is 2. The summed E-state index contributed by atoms with van der Waals surface area (Å²) in [5.74, 6) is 1.47. The van der Waals surface area contributed by atoms with Gasteiger partial charge in [-0.15, -0.1) is 11.3 Å². The molecular formula is C24H24N2O3S. The second-order valence-electron chi connectivity index (χ2n) is 7.07. The van der Waals surface area contributed by atoms with Crippen molar-refractivity contribution < 1.29 is 14.3 Å². The van der Waals surface area contributed by atoms with E-state index in [0.29, 0.717) is 23.9 Å². The molecule has 0 radical (unpaired) electrons. The van der Waals surface area contributed by atoms with Crippen molar-refractivity contribution >= 4 is 34.0 Å². The maximum Gasteiger partial charge on any atom is 0.257 e. The first-order valence-corrected chi connectivity index (χ1v) is 11.0. The molecule has 0 saturated heterocycles. The zero-order valence-electron chi connectivity index (χ0n) is 16.9. The second kappa shape index (κ2) is 9.59. The Kier molecular flexibility index (Phi) is 6.44. The molecule has 5 nitrogen and oxygen atoms in total. The average molecular weight is 421 g/mol. The molecule has 0 bridgehead atoms. The van der Waals surface area contributed by atoms with Gasteiger partial charge >= 0.3 is 0 Å². The summed E-state index contributed by atoms with van der Waals surface area (Å²) in [5, 5.41) is 5.38. The van der Waals surface area contributed by atoms with Crippen LogP contribution in [0.1, 0.15) is 47.8 Å². The van der Waals surface area contributed by atoms with Gasteiger partial charge in [0, 0.05) is 22.1 Å². The number of para-hydroxylation sites is 1. The number of hydrogen-bond donors (Lipinski definition) is 1. The topological polar surface area (TPSA) is 60.5 Å². The Hall–Kier alpha value is -3.12. The van der Waals surface area contributed by atoms with Crippen LogP contribution in [0.3, 0.4) is 0 Å². The number of rotatable bonds is 8. The first-order chi connectivity index (χ1) is 14.7. The maximum absolute atomic E-state index is 12.5. The highest BCUT2D eigenvalue weighted by atomic mass is 32.1. The molecule has 2 aromatic carbocycles. The van der Waals surface area contributed by atoms with Gasteiger partial charge in [0.25, 0.3) is 5.91 Å². The minimum atomic E-state index is -0.187. The molecule has 0 saturated carbocycles. The summed E-state index contributed by atoms with van der Waals surface area (Å²) in [4.78, 5) is 17.1. The summed E-state index contributed by atoms with van der Waals surface area (Å²) in [6, 6.07) is 15.1. The Morgan fingerprint density at radius 3 is 2.83 bits per heavy atom. The third-order valence-electron chi connectivity index (χ3n) is 4.82. The van der Waals surface area contributed by atoms with E-state index >= 15 is 0 Å². The lowest BCUT2D eigenvalue weighted by Gasteiger charge is -2.16. The Labute approximate surface area is 180 Å². The molecule has 0 unspecified atom stereocenters. The van der Waals surface area contributed by atoms with Crippen LogP contribution in [0, 0.1) is 0 Å². The summed E-state index contributed by atoms with van der Waals surface area (Å²) >= 11 is 1.40. The fraction of sp³-hybridized carbons (Fsp3) is 0.250. The number of unbranched alkanes of at least 4 members (excludes halogenated alkanes) is 2. The summed E-state index contributed by atoms with van der Waals surface area (Å²) in [6.07, 6.45) is 5.45. The standard InChI is InChI=1S/C24H24N2O3S/c1-2-3-6-13-28-20-11-9-17(10-12-20)23(27)26-24-25-21(16-30-24)19-14-18-7-4-5-8-22(18)29-15-19/h4-5,7-12,14,16H,2-3,6,13,15H2,1H3,(H,25,26,27). The van der Waals surface area contributed by atoms with Gasteiger partial charge in [-0.3, -0.25) is 10.1 Å². The molecule has 30 heavy (non-hydrogen) atoms. The number of amides is 1. The van der Waals surface area contributed by atoms with Crippen LogP contribution in [0.4, 0.5) is 5.13 Å². The first kappa shape index (κ1) is 20.2. The monoisotopic (exact) mass is 420 g/mol. The number of carbonyl (C=O) groups is 1. The van der Waals surface area contributed by atoms with E-state index in [1.54, 1.807) is 12.1 Å². The fourth-order valence-electron chi connectivity index (χ4n) is 3.16.